The summed E-state index contributed by atoms with van der Waals surface area (Å²) in [4.78, 5) is 27.2. The van der Waals surface area contributed by atoms with E-state index in [1.165, 1.54) is 4.90 Å². The fraction of sp³-hybridized carbons (Fsp3) is 0.391. The molecule has 4 atom stereocenters. The van der Waals surface area contributed by atoms with E-state index in [9.17, 15) is 9.59 Å². The lowest BCUT2D eigenvalue weighted by Crippen LogP contribution is -2.32. The van der Waals surface area contributed by atoms with Gasteiger partial charge in [-0.05, 0) is 92.5 Å². The number of fused-ring (bicyclic) bond motifs is 5. The highest BCUT2D eigenvalue weighted by Crippen LogP contribution is 2.56. The van der Waals surface area contributed by atoms with Gasteiger partial charge in [-0.1, -0.05) is 6.07 Å². The zero-order valence-electron chi connectivity index (χ0n) is 15.6. The molecule has 0 unspecified atom stereocenters. The summed E-state index contributed by atoms with van der Waals surface area (Å²) in [6.45, 7) is 4.08. The van der Waals surface area contributed by atoms with Gasteiger partial charge in [-0.25, -0.2) is 0 Å². The van der Waals surface area contributed by atoms with Crippen LogP contribution in [0.4, 0.5) is 5.69 Å². The van der Waals surface area contributed by atoms with E-state index in [0.717, 1.165) is 36.1 Å². The highest BCUT2D eigenvalue weighted by molar-refractivity contribution is 6.22. The number of carbonyl (C=O) groups is 2. The Morgan fingerprint density at radius 1 is 0.815 bits per heavy atom. The van der Waals surface area contributed by atoms with Crippen molar-refractivity contribution in [3.05, 3.63) is 53.6 Å². The van der Waals surface area contributed by atoms with Crippen molar-refractivity contribution in [2.75, 3.05) is 4.90 Å². The van der Waals surface area contributed by atoms with Crippen LogP contribution in [-0.4, -0.2) is 11.8 Å². The van der Waals surface area contributed by atoms with Crippen LogP contribution in [-0.2, 0) is 9.59 Å². The molecule has 0 spiro atoms. The van der Waals surface area contributed by atoms with Crippen molar-refractivity contribution in [3.8, 4) is 11.5 Å². The first-order chi connectivity index (χ1) is 13.0. The monoisotopic (exact) mass is 361 g/mol. The van der Waals surface area contributed by atoms with Crippen LogP contribution >= 0.6 is 0 Å². The van der Waals surface area contributed by atoms with Crippen LogP contribution in [0.3, 0.4) is 0 Å². The minimum atomic E-state index is -0.0811. The summed E-state index contributed by atoms with van der Waals surface area (Å²) < 4.78 is 5.94. The molecule has 27 heavy (non-hydrogen) atoms. The predicted octanol–water partition coefficient (Wildman–Crippen LogP) is 4.63. The van der Waals surface area contributed by atoms with Gasteiger partial charge in [0.15, 0.2) is 0 Å². The van der Waals surface area contributed by atoms with Crippen molar-refractivity contribution in [3.63, 3.8) is 0 Å². The molecule has 0 N–H and O–H groups in total. The van der Waals surface area contributed by atoms with Gasteiger partial charge in [0.25, 0.3) is 0 Å². The smallest absolute Gasteiger partial charge is 0.237 e. The highest BCUT2D eigenvalue weighted by Gasteiger charge is 2.61. The molecule has 3 fully saturated rings. The average molecular weight is 361 g/mol. The molecule has 4 nitrogen and oxygen atoms in total. The van der Waals surface area contributed by atoms with Gasteiger partial charge in [-0.3, -0.25) is 14.5 Å². The number of rotatable bonds is 3. The van der Waals surface area contributed by atoms with Crippen molar-refractivity contribution in [2.24, 2.45) is 23.7 Å². The van der Waals surface area contributed by atoms with Crippen LogP contribution in [0.2, 0.25) is 0 Å². The largest absolute Gasteiger partial charge is 0.457 e. The number of benzene rings is 2. The standard InChI is InChI=1S/C23H23NO3/c1-13-9-14(2)11-19(10-13)27-18-7-5-17(6-8-18)24-22(25)20-15-3-4-16(12-15)21(20)23(24)26/h5-11,15-16,20-21H,3-4,12H2,1-2H3/t15-,16+,20-,21+. The molecule has 1 saturated heterocycles. The Bertz CT molecular complexity index is 885. The van der Waals surface area contributed by atoms with Crippen molar-refractivity contribution in [1.82, 2.24) is 0 Å². The molecule has 5 rings (SSSR count). The summed E-state index contributed by atoms with van der Waals surface area (Å²) in [5.74, 6) is 2.15. The maximum Gasteiger partial charge on any atom is 0.237 e. The zero-order valence-corrected chi connectivity index (χ0v) is 15.6. The Morgan fingerprint density at radius 2 is 1.37 bits per heavy atom. The normalized spacial score (nSPS) is 28.7. The Hall–Kier alpha value is -2.62. The third-order valence-electron chi connectivity index (χ3n) is 6.45. The topological polar surface area (TPSA) is 46.6 Å². The Labute approximate surface area is 159 Å². The molecule has 2 aromatic rings. The summed E-state index contributed by atoms with van der Waals surface area (Å²) in [7, 11) is 0. The van der Waals surface area contributed by atoms with Gasteiger partial charge in [0, 0.05) is 0 Å². The predicted molar refractivity (Wildman–Crippen MR) is 103 cm³/mol. The van der Waals surface area contributed by atoms with Gasteiger partial charge < -0.3 is 4.74 Å². The molecule has 2 saturated carbocycles. The van der Waals surface area contributed by atoms with E-state index in [0.29, 0.717) is 23.3 Å². The van der Waals surface area contributed by atoms with Gasteiger partial charge in [0.1, 0.15) is 11.5 Å². The van der Waals surface area contributed by atoms with Crippen LogP contribution in [0.1, 0.15) is 30.4 Å². The Morgan fingerprint density at radius 3 is 1.93 bits per heavy atom. The van der Waals surface area contributed by atoms with Gasteiger partial charge in [0.05, 0.1) is 17.5 Å². The second-order valence-electron chi connectivity index (χ2n) is 8.32. The van der Waals surface area contributed by atoms with Gasteiger partial charge in [-0.15, -0.1) is 0 Å². The molecule has 138 valence electrons. The molecular weight excluding hydrogens is 338 g/mol. The van der Waals surface area contributed by atoms with Crippen LogP contribution < -0.4 is 9.64 Å². The maximum absolute atomic E-state index is 12.9. The Kier molecular flexibility index (Phi) is 3.64. The number of amides is 2. The molecule has 2 amide bonds. The van der Waals surface area contributed by atoms with Crippen molar-refractivity contribution < 1.29 is 14.3 Å². The lowest BCUT2D eigenvalue weighted by molar-refractivity contribution is -0.123. The SMILES string of the molecule is Cc1cc(C)cc(Oc2ccc(N3C(=O)[C@@H]4[C@@H]5CC[C@@H](C5)[C@@H]4C3=O)cc2)c1. The lowest BCUT2D eigenvalue weighted by Gasteiger charge is -2.19. The molecular formula is C23H23NO3. The molecule has 2 aliphatic carbocycles. The van der Waals surface area contributed by atoms with E-state index >= 15 is 0 Å². The molecule has 1 aliphatic heterocycles. The van der Waals surface area contributed by atoms with Gasteiger partial charge >= 0.3 is 0 Å². The van der Waals surface area contributed by atoms with Gasteiger partial charge in [0.2, 0.25) is 11.8 Å². The number of ether oxygens (including phenoxy) is 1. The third kappa shape index (κ3) is 2.58. The molecule has 2 bridgehead atoms. The summed E-state index contributed by atoms with van der Waals surface area (Å²) in [5.41, 5.74) is 2.96. The molecule has 3 aliphatic rings. The lowest BCUT2D eigenvalue weighted by atomic mass is 9.81. The first-order valence-electron chi connectivity index (χ1n) is 9.75. The summed E-state index contributed by atoms with van der Waals surface area (Å²) in [6, 6.07) is 13.4. The van der Waals surface area contributed by atoms with Crippen LogP contribution in [0.25, 0.3) is 0 Å². The van der Waals surface area contributed by atoms with Crippen molar-refractivity contribution in [2.45, 2.75) is 33.1 Å². The fourth-order valence-electron chi connectivity index (χ4n) is 5.45. The van der Waals surface area contributed by atoms with E-state index in [1.54, 1.807) is 0 Å². The van der Waals surface area contributed by atoms with E-state index in [4.69, 9.17) is 4.74 Å². The van der Waals surface area contributed by atoms with E-state index < -0.39 is 0 Å². The molecule has 0 aromatic heterocycles. The van der Waals surface area contributed by atoms with Gasteiger partial charge in [-0.2, -0.15) is 0 Å². The summed E-state index contributed by atoms with van der Waals surface area (Å²) in [6.07, 6.45) is 3.26. The van der Waals surface area contributed by atoms with Crippen LogP contribution in [0.5, 0.6) is 11.5 Å². The number of hydrogen-bond donors (Lipinski definition) is 0. The third-order valence-corrected chi connectivity index (χ3v) is 6.45. The molecule has 0 radical (unpaired) electrons. The van der Waals surface area contributed by atoms with E-state index in [2.05, 4.69) is 6.07 Å². The number of anilines is 1. The van der Waals surface area contributed by atoms with Crippen LogP contribution in [0.15, 0.2) is 42.5 Å². The number of nitrogens with zero attached hydrogens (tertiary/aromatic N) is 1. The molecule has 4 heteroatoms. The Balaban J connectivity index is 1.38. The zero-order chi connectivity index (χ0) is 18.7. The number of carbonyl (C=O) groups excluding carboxylic acids is 2. The maximum atomic E-state index is 12.9. The minimum absolute atomic E-state index is 0.000164. The fourth-order valence-corrected chi connectivity index (χ4v) is 5.45. The summed E-state index contributed by atoms with van der Waals surface area (Å²) in [5, 5.41) is 0. The second kappa shape index (κ2) is 5.95. The van der Waals surface area contributed by atoms with E-state index in [-0.39, 0.29) is 23.7 Å². The summed E-state index contributed by atoms with van der Waals surface area (Å²) >= 11 is 0. The van der Waals surface area contributed by atoms with E-state index in [1.807, 2.05) is 50.2 Å². The first-order valence-corrected chi connectivity index (χ1v) is 9.75. The van der Waals surface area contributed by atoms with Crippen LogP contribution in [0, 0.1) is 37.5 Å². The number of hydrogen-bond acceptors (Lipinski definition) is 3. The molecule has 1 heterocycles. The van der Waals surface area contributed by atoms with Crippen molar-refractivity contribution in [1.29, 1.82) is 0 Å². The molecule has 2 aromatic carbocycles. The first kappa shape index (κ1) is 16.5. The quantitative estimate of drug-likeness (QED) is 0.749. The average Bonchev–Trinajstić information content (AvgIpc) is 3.29. The minimum Gasteiger partial charge on any atom is -0.457 e. The number of imide groups is 1. The number of aryl methyl sites for hydroxylation is 2. The van der Waals surface area contributed by atoms with Crippen molar-refractivity contribution >= 4 is 17.5 Å². The second-order valence-corrected chi connectivity index (χ2v) is 8.32. The highest BCUT2D eigenvalue weighted by atomic mass is 16.5.